The molecule has 1 aliphatic rings. The molecule has 1 heterocycles. The van der Waals surface area contributed by atoms with E-state index in [0.29, 0.717) is 0 Å². The van der Waals surface area contributed by atoms with Gasteiger partial charge in [0.25, 0.3) is 0 Å². The number of aliphatic hydroxyl groups excluding tert-OH is 1. The Balaban J connectivity index is 0.000000180. The molecule has 1 amide bonds. The normalized spacial score (nSPS) is 18.9. The Morgan fingerprint density at radius 1 is 1.80 bits per heavy atom. The highest BCUT2D eigenvalue weighted by Gasteiger charge is 2.05. The standard InChI is InChI=1S/C4H7NO.C2H7NO/c6-4-2-1-3-5-4;1-2(3)4/h1-3H2,(H,5,6);2,4H,3H2,1H3. The third kappa shape index (κ3) is 7.39. The molecule has 4 nitrogen and oxygen atoms in total. The predicted octanol–water partition coefficient (Wildman–Crippen LogP) is -0.820. The monoisotopic (exact) mass is 146 g/mol. The number of hydrogen-bond acceptors (Lipinski definition) is 3. The third-order valence-corrected chi connectivity index (χ3v) is 0.903. The van der Waals surface area contributed by atoms with Gasteiger partial charge in [-0.15, -0.1) is 0 Å². The van der Waals surface area contributed by atoms with Gasteiger partial charge in [-0.25, -0.2) is 0 Å². The molecule has 4 heteroatoms. The molecule has 0 aliphatic carbocycles. The summed E-state index contributed by atoms with van der Waals surface area (Å²) in [5.74, 6) is 0.204. The average Bonchev–Trinajstić information content (AvgIpc) is 2.15. The fraction of sp³-hybridized carbons (Fsp3) is 0.833. The van der Waals surface area contributed by atoms with Crippen molar-refractivity contribution >= 4 is 5.91 Å². The van der Waals surface area contributed by atoms with E-state index in [1.54, 1.807) is 0 Å². The van der Waals surface area contributed by atoms with E-state index < -0.39 is 6.23 Å². The van der Waals surface area contributed by atoms with Crippen molar-refractivity contribution in [1.29, 1.82) is 0 Å². The number of nitrogens with two attached hydrogens (primary N) is 1. The molecule has 1 fully saturated rings. The summed E-state index contributed by atoms with van der Waals surface area (Å²) < 4.78 is 0. The van der Waals surface area contributed by atoms with E-state index in [4.69, 9.17) is 5.11 Å². The topological polar surface area (TPSA) is 75.3 Å². The molecule has 0 radical (unpaired) electrons. The zero-order valence-corrected chi connectivity index (χ0v) is 6.13. The molecule has 1 aliphatic heterocycles. The summed E-state index contributed by atoms with van der Waals surface area (Å²) in [6.07, 6.45) is 1.10. The first-order chi connectivity index (χ1) is 4.63. The number of amides is 1. The van der Waals surface area contributed by atoms with Crippen molar-refractivity contribution in [3.8, 4) is 0 Å². The molecule has 0 saturated carbocycles. The van der Waals surface area contributed by atoms with Crippen LogP contribution in [0.25, 0.3) is 0 Å². The molecule has 60 valence electrons. The molecule has 4 N–H and O–H groups in total. The molecule has 10 heavy (non-hydrogen) atoms. The molecular weight excluding hydrogens is 132 g/mol. The number of rotatable bonds is 0. The molecule has 0 bridgehead atoms. The van der Waals surface area contributed by atoms with Crippen LogP contribution in [0, 0.1) is 0 Å². The van der Waals surface area contributed by atoms with Gasteiger partial charge in [0, 0.05) is 13.0 Å². The van der Waals surface area contributed by atoms with Crippen LogP contribution < -0.4 is 11.1 Å². The molecule has 0 aromatic heterocycles. The average molecular weight is 146 g/mol. The Morgan fingerprint density at radius 2 is 2.30 bits per heavy atom. The van der Waals surface area contributed by atoms with Gasteiger partial charge in [0.1, 0.15) is 0 Å². The Bertz CT molecular complexity index is 93.2. The highest BCUT2D eigenvalue weighted by molar-refractivity contribution is 5.77. The van der Waals surface area contributed by atoms with Gasteiger partial charge >= 0.3 is 0 Å². The molecule has 1 rings (SSSR count). The second-order valence-corrected chi connectivity index (χ2v) is 2.19. The van der Waals surface area contributed by atoms with Crippen molar-refractivity contribution in [1.82, 2.24) is 5.32 Å². The van der Waals surface area contributed by atoms with Gasteiger partial charge in [-0.05, 0) is 13.3 Å². The van der Waals surface area contributed by atoms with Crippen molar-refractivity contribution < 1.29 is 9.90 Å². The van der Waals surface area contributed by atoms with Crippen molar-refractivity contribution in [3.05, 3.63) is 0 Å². The van der Waals surface area contributed by atoms with E-state index in [-0.39, 0.29) is 5.91 Å². The van der Waals surface area contributed by atoms with Crippen molar-refractivity contribution in [3.63, 3.8) is 0 Å². The molecular formula is C6H14N2O2. The quantitative estimate of drug-likeness (QED) is 0.391. The lowest BCUT2D eigenvalue weighted by atomic mass is 10.4. The minimum Gasteiger partial charge on any atom is -0.379 e. The SMILES string of the molecule is CC(N)O.O=C1CCCN1. The molecule has 1 atom stereocenters. The number of carbonyl (C=O) groups excluding carboxylic acids is 1. The smallest absolute Gasteiger partial charge is 0.220 e. The maximum atomic E-state index is 10.1. The number of hydrogen-bond donors (Lipinski definition) is 3. The number of aliphatic hydroxyl groups is 1. The van der Waals surface area contributed by atoms with Crippen molar-refractivity contribution in [2.45, 2.75) is 26.0 Å². The third-order valence-electron chi connectivity index (χ3n) is 0.903. The summed E-state index contributed by atoms with van der Waals surface area (Å²) >= 11 is 0. The van der Waals surface area contributed by atoms with Crippen molar-refractivity contribution in [2.24, 2.45) is 5.73 Å². The molecule has 0 aromatic carbocycles. The largest absolute Gasteiger partial charge is 0.379 e. The lowest BCUT2D eigenvalue weighted by Crippen LogP contribution is -2.12. The number of nitrogens with one attached hydrogen (secondary N) is 1. The zero-order chi connectivity index (χ0) is 7.98. The van der Waals surface area contributed by atoms with E-state index >= 15 is 0 Å². The van der Waals surface area contributed by atoms with E-state index in [1.165, 1.54) is 6.92 Å². The van der Waals surface area contributed by atoms with Crippen LogP contribution in [0.5, 0.6) is 0 Å². The van der Waals surface area contributed by atoms with E-state index in [9.17, 15) is 4.79 Å². The van der Waals surface area contributed by atoms with Gasteiger partial charge in [0.2, 0.25) is 5.91 Å². The summed E-state index contributed by atoms with van der Waals surface area (Å²) in [7, 11) is 0. The first-order valence-corrected chi connectivity index (χ1v) is 3.33. The van der Waals surface area contributed by atoms with Crippen LogP contribution in [0.15, 0.2) is 0 Å². The van der Waals surface area contributed by atoms with Crippen LogP contribution >= 0.6 is 0 Å². The van der Waals surface area contributed by atoms with Crippen LogP contribution in [0.3, 0.4) is 0 Å². The van der Waals surface area contributed by atoms with Crippen LogP contribution in [-0.4, -0.2) is 23.8 Å². The second kappa shape index (κ2) is 5.20. The second-order valence-electron chi connectivity index (χ2n) is 2.19. The van der Waals surface area contributed by atoms with Crippen LogP contribution in [0.1, 0.15) is 19.8 Å². The molecule has 1 unspecified atom stereocenters. The Labute approximate surface area is 60.4 Å². The molecule has 0 aromatic rings. The summed E-state index contributed by atoms with van der Waals surface area (Å²) in [4.78, 5) is 10.1. The Kier molecular flexibility index (Phi) is 4.88. The lowest BCUT2D eigenvalue weighted by molar-refractivity contribution is -0.119. The summed E-state index contributed by atoms with van der Waals surface area (Å²) in [5.41, 5.74) is 4.67. The van der Waals surface area contributed by atoms with Gasteiger partial charge in [-0.1, -0.05) is 0 Å². The fourth-order valence-electron chi connectivity index (χ4n) is 0.565. The first-order valence-electron chi connectivity index (χ1n) is 3.33. The highest BCUT2D eigenvalue weighted by Crippen LogP contribution is 1.93. The maximum Gasteiger partial charge on any atom is 0.220 e. The van der Waals surface area contributed by atoms with Crippen LogP contribution in [0.2, 0.25) is 0 Å². The summed E-state index contributed by atoms with van der Waals surface area (Å²) in [6.45, 7) is 2.39. The predicted molar refractivity (Wildman–Crippen MR) is 38.1 cm³/mol. The first kappa shape index (κ1) is 9.39. The maximum absolute atomic E-state index is 10.1. The lowest BCUT2D eigenvalue weighted by Gasteiger charge is -1.82. The van der Waals surface area contributed by atoms with Gasteiger partial charge in [0.05, 0.1) is 6.23 Å². The minimum atomic E-state index is -0.667. The fourth-order valence-corrected chi connectivity index (χ4v) is 0.565. The van der Waals surface area contributed by atoms with Gasteiger partial charge in [-0.2, -0.15) is 0 Å². The Morgan fingerprint density at radius 3 is 2.40 bits per heavy atom. The Hall–Kier alpha value is -0.610. The molecule has 0 spiro atoms. The summed E-state index contributed by atoms with van der Waals surface area (Å²) in [5, 5.41) is 10.5. The zero-order valence-electron chi connectivity index (χ0n) is 6.13. The van der Waals surface area contributed by atoms with Crippen molar-refractivity contribution in [2.75, 3.05) is 6.54 Å². The molecule has 1 saturated heterocycles. The van der Waals surface area contributed by atoms with Gasteiger partial charge in [0.15, 0.2) is 0 Å². The van der Waals surface area contributed by atoms with Crippen LogP contribution in [-0.2, 0) is 4.79 Å². The van der Waals surface area contributed by atoms with E-state index in [2.05, 4.69) is 11.1 Å². The van der Waals surface area contributed by atoms with Gasteiger partial charge in [-0.3, -0.25) is 4.79 Å². The van der Waals surface area contributed by atoms with Crippen LogP contribution in [0.4, 0.5) is 0 Å². The van der Waals surface area contributed by atoms with Gasteiger partial charge < -0.3 is 16.2 Å². The van der Waals surface area contributed by atoms with E-state index in [1.807, 2.05) is 0 Å². The van der Waals surface area contributed by atoms with E-state index in [0.717, 1.165) is 19.4 Å². The number of carbonyl (C=O) groups is 1. The minimum absolute atomic E-state index is 0.204. The summed E-state index contributed by atoms with van der Waals surface area (Å²) in [6, 6.07) is 0. The highest BCUT2D eigenvalue weighted by atomic mass is 16.3.